The van der Waals surface area contributed by atoms with Gasteiger partial charge in [-0.3, -0.25) is 9.59 Å². The highest BCUT2D eigenvalue weighted by Gasteiger charge is 2.27. The lowest BCUT2D eigenvalue weighted by molar-refractivity contribution is -0.115. The van der Waals surface area contributed by atoms with Crippen molar-refractivity contribution in [1.29, 1.82) is 0 Å². The van der Waals surface area contributed by atoms with Crippen LogP contribution in [0, 0.1) is 0 Å². The molecular weight excluding hydrogens is 386 g/mol. The van der Waals surface area contributed by atoms with Crippen LogP contribution >= 0.6 is 12.4 Å². The number of carbonyl (C=O) groups excluding carboxylic acids is 2. The number of anilines is 1. The summed E-state index contributed by atoms with van der Waals surface area (Å²) in [4.78, 5) is 28.8. The predicted molar refractivity (Wildman–Crippen MR) is 118 cm³/mol. The van der Waals surface area contributed by atoms with E-state index in [4.69, 9.17) is 0 Å². The zero-order chi connectivity index (χ0) is 19.5. The summed E-state index contributed by atoms with van der Waals surface area (Å²) < 4.78 is 0. The molecule has 4 rings (SSSR count). The monoisotopic (exact) mass is 413 g/mol. The van der Waals surface area contributed by atoms with Crippen LogP contribution in [0.3, 0.4) is 0 Å². The number of likely N-dealkylation sites (N-methyl/N-ethyl adjacent to an activating group) is 1. The van der Waals surface area contributed by atoms with Gasteiger partial charge in [0.2, 0.25) is 5.91 Å². The molecule has 1 saturated heterocycles. The maximum Gasteiger partial charge on any atom is 0.253 e. The number of fused-ring (bicyclic) bond motifs is 1. The largest absolute Gasteiger partial charge is 0.339 e. The van der Waals surface area contributed by atoms with Crippen LogP contribution in [0.2, 0.25) is 0 Å². The molecule has 0 saturated carbocycles. The van der Waals surface area contributed by atoms with Gasteiger partial charge in [-0.15, -0.1) is 12.4 Å². The van der Waals surface area contributed by atoms with E-state index in [0.29, 0.717) is 18.0 Å². The minimum absolute atomic E-state index is 0. The number of halogens is 1. The van der Waals surface area contributed by atoms with E-state index in [2.05, 4.69) is 47.6 Å². The zero-order valence-electron chi connectivity index (χ0n) is 16.8. The number of nitrogens with one attached hydrogen (secondary N) is 1. The number of likely N-dealkylation sites (tertiary alicyclic amines) is 1. The van der Waals surface area contributed by atoms with E-state index in [1.165, 1.54) is 5.56 Å². The first kappa shape index (κ1) is 21.3. The second-order valence-corrected chi connectivity index (χ2v) is 7.84. The van der Waals surface area contributed by atoms with Crippen LogP contribution in [0.1, 0.15) is 34.3 Å². The van der Waals surface area contributed by atoms with Crippen LogP contribution in [-0.4, -0.2) is 54.3 Å². The number of hydrogen-bond donors (Lipinski definition) is 1. The van der Waals surface area contributed by atoms with E-state index < -0.39 is 0 Å². The first-order valence-electron chi connectivity index (χ1n) is 10.1. The van der Waals surface area contributed by atoms with E-state index in [1.807, 2.05) is 23.1 Å². The van der Waals surface area contributed by atoms with Crippen molar-refractivity contribution in [2.75, 3.05) is 32.0 Å². The van der Waals surface area contributed by atoms with Gasteiger partial charge >= 0.3 is 0 Å². The van der Waals surface area contributed by atoms with Gasteiger partial charge in [0.15, 0.2) is 0 Å². The number of hydrogen-bond acceptors (Lipinski definition) is 3. The first-order valence-corrected chi connectivity index (χ1v) is 10.1. The molecular formula is C23H28ClN3O2. The fraction of sp³-hybridized carbons (Fsp3) is 0.391. The minimum atomic E-state index is -0.000969. The van der Waals surface area contributed by atoms with Crippen molar-refractivity contribution >= 4 is 29.9 Å². The Bertz CT molecular complexity index is 864. The van der Waals surface area contributed by atoms with E-state index in [-0.39, 0.29) is 24.2 Å². The molecule has 0 atom stereocenters. The maximum atomic E-state index is 12.9. The molecule has 6 heteroatoms. The Labute approximate surface area is 178 Å². The summed E-state index contributed by atoms with van der Waals surface area (Å²) in [6.07, 6.45) is 3.42. The van der Waals surface area contributed by atoms with Crippen molar-refractivity contribution in [3.8, 4) is 0 Å². The van der Waals surface area contributed by atoms with Crippen molar-refractivity contribution in [2.24, 2.45) is 0 Å². The van der Waals surface area contributed by atoms with Gasteiger partial charge in [-0.2, -0.15) is 0 Å². The third kappa shape index (κ3) is 4.98. The van der Waals surface area contributed by atoms with Gasteiger partial charge in [0.25, 0.3) is 5.91 Å². The molecule has 2 heterocycles. The van der Waals surface area contributed by atoms with Crippen molar-refractivity contribution in [3.63, 3.8) is 0 Å². The summed E-state index contributed by atoms with van der Waals surface area (Å²) in [5, 5.41) is 2.82. The van der Waals surface area contributed by atoms with Crippen LogP contribution < -0.4 is 5.32 Å². The average molecular weight is 414 g/mol. The summed E-state index contributed by atoms with van der Waals surface area (Å²) >= 11 is 0. The Morgan fingerprint density at radius 1 is 1.14 bits per heavy atom. The fourth-order valence-corrected chi connectivity index (χ4v) is 4.19. The lowest BCUT2D eigenvalue weighted by atomic mass is 10.0. The quantitative estimate of drug-likeness (QED) is 0.817. The molecule has 29 heavy (non-hydrogen) atoms. The second-order valence-electron chi connectivity index (χ2n) is 7.84. The molecule has 0 unspecified atom stereocenters. The van der Waals surface area contributed by atoms with Gasteiger partial charge in [-0.05, 0) is 55.6 Å². The maximum absolute atomic E-state index is 12.9. The molecule has 0 radical (unpaired) electrons. The zero-order valence-corrected chi connectivity index (χ0v) is 17.6. The smallest absolute Gasteiger partial charge is 0.253 e. The summed E-state index contributed by atoms with van der Waals surface area (Å²) in [5.74, 6) is 0.0755. The minimum Gasteiger partial charge on any atom is -0.339 e. The van der Waals surface area contributed by atoms with E-state index in [1.54, 1.807) is 0 Å². The van der Waals surface area contributed by atoms with E-state index >= 15 is 0 Å². The van der Waals surface area contributed by atoms with Crippen LogP contribution in [0.15, 0.2) is 48.5 Å². The second kappa shape index (κ2) is 9.42. The van der Waals surface area contributed by atoms with Crippen LogP contribution in [0.4, 0.5) is 5.69 Å². The van der Waals surface area contributed by atoms with E-state index in [9.17, 15) is 9.59 Å². The van der Waals surface area contributed by atoms with Gasteiger partial charge in [-0.25, -0.2) is 0 Å². The van der Waals surface area contributed by atoms with Gasteiger partial charge in [0.1, 0.15) is 0 Å². The van der Waals surface area contributed by atoms with Gasteiger partial charge in [0, 0.05) is 36.9 Å². The molecule has 0 aromatic heterocycles. The van der Waals surface area contributed by atoms with Crippen molar-refractivity contribution in [1.82, 2.24) is 9.80 Å². The van der Waals surface area contributed by atoms with Crippen LogP contribution in [0.25, 0.3) is 0 Å². The topological polar surface area (TPSA) is 52.7 Å². The standard InChI is InChI=1S/C23H27N3O2.ClH/c1-25(12-9-17-5-3-2-4-6-17)20-10-13-26(14-11-20)23(28)18-7-8-21-19(15-18)16-22(27)24-21;/h2-8,15,20H,9-14,16H2,1H3,(H,24,27);1H. The summed E-state index contributed by atoms with van der Waals surface area (Å²) in [6, 6.07) is 16.6. The highest BCUT2D eigenvalue weighted by Crippen LogP contribution is 2.25. The van der Waals surface area contributed by atoms with Gasteiger partial charge in [0.05, 0.1) is 6.42 Å². The molecule has 2 aromatic rings. The highest BCUT2D eigenvalue weighted by molar-refractivity contribution is 6.01. The first-order chi connectivity index (χ1) is 13.6. The fourth-order valence-electron chi connectivity index (χ4n) is 4.19. The molecule has 1 fully saturated rings. The van der Waals surface area contributed by atoms with Crippen molar-refractivity contribution < 1.29 is 9.59 Å². The summed E-state index contributed by atoms with van der Waals surface area (Å²) in [6.45, 7) is 2.61. The Morgan fingerprint density at radius 3 is 2.59 bits per heavy atom. The summed E-state index contributed by atoms with van der Waals surface area (Å²) in [5.41, 5.74) is 3.81. The molecule has 2 amide bonds. The molecule has 1 N–H and O–H groups in total. The third-order valence-corrected chi connectivity index (χ3v) is 5.95. The SMILES string of the molecule is CN(CCc1ccccc1)C1CCN(C(=O)c2ccc3c(c2)CC(=O)N3)CC1.Cl. The normalized spacial score (nSPS) is 16.3. The van der Waals surface area contributed by atoms with E-state index in [0.717, 1.165) is 50.1 Å². The summed E-state index contributed by atoms with van der Waals surface area (Å²) in [7, 11) is 2.19. The van der Waals surface area contributed by atoms with Crippen LogP contribution in [-0.2, 0) is 17.6 Å². The number of rotatable bonds is 5. The lowest BCUT2D eigenvalue weighted by Gasteiger charge is -2.37. The highest BCUT2D eigenvalue weighted by atomic mass is 35.5. The number of carbonyl (C=O) groups is 2. The molecule has 0 bridgehead atoms. The van der Waals surface area contributed by atoms with Crippen molar-refractivity contribution in [3.05, 3.63) is 65.2 Å². The van der Waals surface area contributed by atoms with Gasteiger partial charge < -0.3 is 15.1 Å². The van der Waals surface area contributed by atoms with Crippen LogP contribution in [0.5, 0.6) is 0 Å². The lowest BCUT2D eigenvalue weighted by Crippen LogP contribution is -2.46. The molecule has 154 valence electrons. The third-order valence-electron chi connectivity index (χ3n) is 5.95. The molecule has 0 aliphatic carbocycles. The predicted octanol–water partition coefficient (Wildman–Crippen LogP) is 3.38. The van der Waals surface area contributed by atoms with Gasteiger partial charge in [-0.1, -0.05) is 30.3 Å². The molecule has 0 spiro atoms. The molecule has 5 nitrogen and oxygen atoms in total. The average Bonchev–Trinajstić information content (AvgIpc) is 3.11. The molecule has 2 aromatic carbocycles. The Balaban J connectivity index is 0.00000240. The number of benzene rings is 2. The number of nitrogens with zero attached hydrogens (tertiary/aromatic N) is 2. The Kier molecular flexibility index (Phi) is 6.93. The number of piperidine rings is 1. The Morgan fingerprint density at radius 2 is 1.86 bits per heavy atom. The molecule has 2 aliphatic heterocycles. The van der Waals surface area contributed by atoms with Crippen molar-refractivity contribution in [2.45, 2.75) is 31.7 Å². The Hall–Kier alpha value is -2.37. The number of amides is 2. The molecule has 2 aliphatic rings.